The number of aromatic nitrogens is 1. The third-order valence-corrected chi connectivity index (χ3v) is 3.93. The Labute approximate surface area is 88.1 Å². The monoisotopic (exact) mass is 224 g/mol. The van der Waals surface area contributed by atoms with Crippen molar-refractivity contribution in [2.75, 3.05) is 0 Å². The molecule has 1 heterocycles. The minimum Gasteiger partial charge on any atom is -0.227 e. The molecule has 2 rings (SSSR count). The van der Waals surface area contributed by atoms with Crippen LogP contribution >= 0.6 is 11.3 Å². The first-order valence-electron chi connectivity index (χ1n) is 4.07. The standard InChI is InChI=1S/C9H8N2OS2/c1-2-10-14(12)9-11-7-5-3-4-6-8(7)13-9/h2-6H,1H3. The Morgan fingerprint density at radius 3 is 3.00 bits per heavy atom. The van der Waals surface area contributed by atoms with Gasteiger partial charge in [0.15, 0.2) is 0 Å². The summed E-state index contributed by atoms with van der Waals surface area (Å²) in [5, 5.41) is 0. The molecule has 72 valence electrons. The van der Waals surface area contributed by atoms with Crippen LogP contribution in [0.3, 0.4) is 0 Å². The molecule has 0 saturated heterocycles. The lowest BCUT2D eigenvalue weighted by Gasteiger charge is -1.84. The van der Waals surface area contributed by atoms with Crippen molar-refractivity contribution in [1.82, 2.24) is 4.98 Å². The zero-order valence-electron chi connectivity index (χ0n) is 7.51. The minimum absolute atomic E-state index is 0.560. The van der Waals surface area contributed by atoms with Crippen LogP contribution in [0.2, 0.25) is 0 Å². The number of benzene rings is 1. The van der Waals surface area contributed by atoms with Gasteiger partial charge >= 0.3 is 0 Å². The van der Waals surface area contributed by atoms with Gasteiger partial charge in [-0.25, -0.2) is 9.19 Å². The first-order valence-corrected chi connectivity index (χ1v) is 5.99. The van der Waals surface area contributed by atoms with Crippen LogP contribution in [0.5, 0.6) is 0 Å². The second kappa shape index (κ2) is 3.98. The molecule has 14 heavy (non-hydrogen) atoms. The van der Waals surface area contributed by atoms with Gasteiger partial charge in [0, 0.05) is 6.21 Å². The molecule has 0 N–H and O–H groups in total. The van der Waals surface area contributed by atoms with Crippen LogP contribution < -0.4 is 0 Å². The molecule has 0 aliphatic heterocycles. The highest BCUT2D eigenvalue weighted by Crippen LogP contribution is 2.24. The van der Waals surface area contributed by atoms with Crippen LogP contribution in [0.4, 0.5) is 0 Å². The molecule has 0 aliphatic carbocycles. The van der Waals surface area contributed by atoms with Crippen LogP contribution in [-0.2, 0) is 11.0 Å². The summed E-state index contributed by atoms with van der Waals surface area (Å²) < 4.78 is 16.9. The molecule has 0 fully saturated rings. The number of rotatable bonds is 2. The maximum atomic E-state index is 11.5. The summed E-state index contributed by atoms with van der Waals surface area (Å²) >= 11 is 1.42. The molecule has 1 aromatic heterocycles. The van der Waals surface area contributed by atoms with E-state index in [0.29, 0.717) is 4.34 Å². The number of thiazole rings is 1. The Morgan fingerprint density at radius 1 is 1.50 bits per heavy atom. The Balaban J connectivity index is 2.50. The summed E-state index contributed by atoms with van der Waals surface area (Å²) in [5.74, 6) is 0. The summed E-state index contributed by atoms with van der Waals surface area (Å²) in [6.45, 7) is 1.74. The molecule has 0 bridgehead atoms. The number of fused-ring (bicyclic) bond motifs is 1. The van der Waals surface area contributed by atoms with E-state index in [-0.39, 0.29) is 0 Å². The highest BCUT2D eigenvalue weighted by molar-refractivity contribution is 7.86. The van der Waals surface area contributed by atoms with Gasteiger partial charge in [-0.3, -0.25) is 0 Å². The molecule has 0 saturated carbocycles. The third-order valence-electron chi connectivity index (χ3n) is 1.62. The van der Waals surface area contributed by atoms with Gasteiger partial charge in [0.05, 0.1) is 10.2 Å². The van der Waals surface area contributed by atoms with Gasteiger partial charge in [0.2, 0.25) is 15.3 Å². The molecular formula is C9H8N2OS2. The molecule has 3 nitrogen and oxygen atoms in total. The van der Waals surface area contributed by atoms with Crippen LogP contribution in [0.1, 0.15) is 6.92 Å². The SMILES string of the molecule is CC=NS(=O)c1nc2ccccc2s1. The molecule has 1 atom stereocenters. The predicted octanol–water partition coefficient (Wildman–Crippen LogP) is 2.41. The van der Waals surface area contributed by atoms with E-state index in [2.05, 4.69) is 9.38 Å². The lowest BCUT2D eigenvalue weighted by Crippen LogP contribution is -1.84. The largest absolute Gasteiger partial charge is 0.227 e. The first-order chi connectivity index (χ1) is 6.81. The highest BCUT2D eigenvalue weighted by Gasteiger charge is 2.07. The van der Waals surface area contributed by atoms with E-state index in [1.54, 1.807) is 6.92 Å². The number of hydrogen-bond acceptors (Lipinski definition) is 3. The molecule has 0 amide bonds. The van der Waals surface area contributed by atoms with Gasteiger partial charge in [0.25, 0.3) is 0 Å². The maximum Gasteiger partial charge on any atom is 0.205 e. The van der Waals surface area contributed by atoms with Crippen molar-refractivity contribution in [3.63, 3.8) is 0 Å². The number of hydrogen-bond donors (Lipinski definition) is 0. The van der Waals surface area contributed by atoms with Crippen LogP contribution in [0, 0.1) is 0 Å². The predicted molar refractivity (Wildman–Crippen MR) is 60.2 cm³/mol. The highest BCUT2D eigenvalue weighted by atomic mass is 32.2. The van der Waals surface area contributed by atoms with Crippen molar-refractivity contribution in [1.29, 1.82) is 0 Å². The smallest absolute Gasteiger partial charge is 0.205 e. The van der Waals surface area contributed by atoms with Gasteiger partial charge < -0.3 is 0 Å². The summed E-state index contributed by atoms with van der Waals surface area (Å²) in [5.41, 5.74) is 0.882. The van der Waals surface area contributed by atoms with Gasteiger partial charge in [-0.05, 0) is 19.1 Å². The van der Waals surface area contributed by atoms with E-state index in [9.17, 15) is 4.21 Å². The second-order valence-electron chi connectivity index (χ2n) is 2.56. The Hall–Kier alpha value is -1.07. The van der Waals surface area contributed by atoms with Crippen LogP contribution in [0.25, 0.3) is 10.2 Å². The molecule has 1 unspecified atom stereocenters. The van der Waals surface area contributed by atoms with Crippen molar-refractivity contribution >= 4 is 38.8 Å². The van der Waals surface area contributed by atoms with Gasteiger partial charge in [-0.1, -0.05) is 12.1 Å². The van der Waals surface area contributed by atoms with Gasteiger partial charge in [-0.15, -0.1) is 11.3 Å². The average Bonchev–Trinajstić information content (AvgIpc) is 2.61. The minimum atomic E-state index is -1.34. The molecule has 0 radical (unpaired) electrons. The van der Waals surface area contributed by atoms with E-state index >= 15 is 0 Å². The first kappa shape index (κ1) is 9.48. The quantitative estimate of drug-likeness (QED) is 0.735. The molecule has 0 aliphatic rings. The molecule has 5 heteroatoms. The molecular weight excluding hydrogens is 216 g/mol. The summed E-state index contributed by atoms with van der Waals surface area (Å²) in [4.78, 5) is 4.24. The molecule has 0 spiro atoms. The summed E-state index contributed by atoms with van der Waals surface area (Å²) in [6, 6.07) is 7.72. The molecule has 2 aromatic rings. The zero-order valence-corrected chi connectivity index (χ0v) is 9.14. The summed E-state index contributed by atoms with van der Waals surface area (Å²) in [6.07, 6.45) is 1.53. The van der Waals surface area contributed by atoms with Crippen LogP contribution in [-0.4, -0.2) is 15.4 Å². The third kappa shape index (κ3) is 1.73. The lowest BCUT2D eigenvalue weighted by atomic mass is 10.3. The fraction of sp³-hybridized carbons (Fsp3) is 0.111. The van der Waals surface area contributed by atoms with Gasteiger partial charge in [-0.2, -0.15) is 4.40 Å². The Morgan fingerprint density at radius 2 is 2.29 bits per heavy atom. The number of para-hydroxylation sites is 1. The van der Waals surface area contributed by atoms with Crippen molar-refractivity contribution in [3.05, 3.63) is 24.3 Å². The second-order valence-corrected chi connectivity index (χ2v) is 4.95. The van der Waals surface area contributed by atoms with Gasteiger partial charge in [0.1, 0.15) is 0 Å². The topological polar surface area (TPSA) is 42.3 Å². The van der Waals surface area contributed by atoms with E-state index in [1.165, 1.54) is 17.6 Å². The lowest BCUT2D eigenvalue weighted by molar-refractivity contribution is 0.684. The zero-order chi connectivity index (χ0) is 9.97. The molecule has 1 aromatic carbocycles. The number of nitrogens with zero attached hydrogens (tertiary/aromatic N) is 2. The fourth-order valence-corrected chi connectivity index (χ4v) is 2.91. The van der Waals surface area contributed by atoms with E-state index in [1.807, 2.05) is 24.3 Å². The van der Waals surface area contributed by atoms with E-state index in [0.717, 1.165) is 10.2 Å². The van der Waals surface area contributed by atoms with E-state index in [4.69, 9.17) is 0 Å². The Bertz CT molecular complexity index is 471. The Kier molecular flexibility index (Phi) is 2.69. The average molecular weight is 224 g/mol. The maximum absolute atomic E-state index is 11.5. The van der Waals surface area contributed by atoms with Crippen molar-refractivity contribution in [2.45, 2.75) is 11.3 Å². The van der Waals surface area contributed by atoms with Crippen molar-refractivity contribution < 1.29 is 4.21 Å². The van der Waals surface area contributed by atoms with E-state index < -0.39 is 11.0 Å². The van der Waals surface area contributed by atoms with Crippen molar-refractivity contribution in [3.8, 4) is 0 Å². The summed E-state index contributed by atoms with van der Waals surface area (Å²) in [7, 11) is -1.34. The fourth-order valence-electron chi connectivity index (χ4n) is 1.07. The van der Waals surface area contributed by atoms with Crippen LogP contribution in [0.15, 0.2) is 33.0 Å². The van der Waals surface area contributed by atoms with Crippen molar-refractivity contribution in [2.24, 2.45) is 4.40 Å². The normalized spacial score (nSPS) is 13.8.